The van der Waals surface area contributed by atoms with E-state index in [0.29, 0.717) is 0 Å². The molecule has 23 heavy (non-hydrogen) atoms. The zero-order chi connectivity index (χ0) is 20.4. The van der Waals surface area contributed by atoms with Gasteiger partial charge in [0.25, 0.3) is 0 Å². The Morgan fingerprint density at radius 3 is 0.913 bits per heavy atom. The molecule has 0 saturated carbocycles. The van der Waals surface area contributed by atoms with E-state index < -0.39 is 0 Å². The van der Waals surface area contributed by atoms with Crippen molar-refractivity contribution in [1.29, 1.82) is 0 Å². The summed E-state index contributed by atoms with van der Waals surface area (Å²) >= 11 is 0. The van der Waals surface area contributed by atoms with Crippen molar-refractivity contribution in [2.45, 2.75) is 142 Å². The van der Waals surface area contributed by atoms with Crippen molar-refractivity contribution in [2.75, 3.05) is 0 Å². The van der Waals surface area contributed by atoms with Gasteiger partial charge in [-0.2, -0.15) is 0 Å². The van der Waals surface area contributed by atoms with Crippen molar-refractivity contribution in [1.82, 2.24) is 0 Å². The quantitative estimate of drug-likeness (QED) is 0.346. The SMILES string of the molecule is C/C=C\CCCC.CC.CC.CC.CC.CCC.CCCCC. The predicted molar refractivity (Wildman–Crippen MR) is 121 cm³/mol. The average Bonchev–Trinajstić information content (AvgIpc) is 2.64. The fourth-order valence-corrected chi connectivity index (χ4v) is 0.842. The third kappa shape index (κ3) is 257. The van der Waals surface area contributed by atoms with Gasteiger partial charge in [0.1, 0.15) is 0 Å². The summed E-state index contributed by atoms with van der Waals surface area (Å²) in [4.78, 5) is 0. The summed E-state index contributed by atoms with van der Waals surface area (Å²) in [5.41, 5.74) is 0. The molecule has 0 rings (SSSR count). The summed E-state index contributed by atoms with van der Waals surface area (Å²) in [6, 6.07) is 0. The van der Waals surface area contributed by atoms with Crippen LogP contribution in [0.1, 0.15) is 142 Å². The van der Waals surface area contributed by atoms with Crippen molar-refractivity contribution in [3.05, 3.63) is 12.2 Å². The number of hydrogen-bond acceptors (Lipinski definition) is 0. The maximum absolute atomic E-state index is 2.21. The molecule has 0 N–H and O–H groups in total. The van der Waals surface area contributed by atoms with Crippen LogP contribution >= 0.6 is 0 Å². The van der Waals surface area contributed by atoms with E-state index in [1.807, 2.05) is 55.4 Å². The molecule has 0 aliphatic heterocycles. The minimum absolute atomic E-state index is 1.25. The molecule has 0 heterocycles. The molecule has 0 radical (unpaired) electrons. The highest BCUT2D eigenvalue weighted by Gasteiger charge is 1.73. The van der Waals surface area contributed by atoms with Gasteiger partial charge >= 0.3 is 0 Å². The molecule has 0 unspecified atom stereocenters. The number of rotatable bonds is 5. The largest absolute Gasteiger partial charge is 0.0917 e. The monoisotopic (exact) mass is 334 g/mol. The van der Waals surface area contributed by atoms with Crippen LogP contribution in [0.25, 0.3) is 0 Å². The van der Waals surface area contributed by atoms with Gasteiger partial charge in [-0.3, -0.25) is 0 Å². The molecular weight excluding hydrogens is 276 g/mol. The van der Waals surface area contributed by atoms with Crippen molar-refractivity contribution in [2.24, 2.45) is 0 Å². The Bertz CT molecular complexity index is 80.0. The Balaban J connectivity index is -0.0000000284. The Kier molecular flexibility index (Phi) is 231. The van der Waals surface area contributed by atoms with E-state index >= 15 is 0 Å². The molecule has 0 heteroatoms. The molecule has 0 aromatic carbocycles. The van der Waals surface area contributed by atoms with E-state index in [2.05, 4.69) is 53.7 Å². The van der Waals surface area contributed by atoms with Crippen LogP contribution < -0.4 is 0 Å². The van der Waals surface area contributed by atoms with E-state index in [-0.39, 0.29) is 0 Å². The van der Waals surface area contributed by atoms with Gasteiger partial charge < -0.3 is 0 Å². The molecular formula is C23H58. The van der Waals surface area contributed by atoms with Gasteiger partial charge in [0.15, 0.2) is 0 Å². The van der Waals surface area contributed by atoms with Gasteiger partial charge in [-0.15, -0.1) is 0 Å². The van der Waals surface area contributed by atoms with Gasteiger partial charge in [0.05, 0.1) is 0 Å². The molecule has 0 amide bonds. The first kappa shape index (κ1) is 43.4. The Morgan fingerprint density at radius 2 is 0.783 bits per heavy atom. The van der Waals surface area contributed by atoms with Crippen LogP contribution in [0, 0.1) is 0 Å². The molecule has 0 aromatic heterocycles. The fourth-order valence-electron chi connectivity index (χ4n) is 0.842. The first-order valence-electron chi connectivity index (χ1n) is 10.9. The van der Waals surface area contributed by atoms with Crippen molar-refractivity contribution in [3.8, 4) is 0 Å². The normalized spacial score (nSPS) is 6.87. The lowest BCUT2D eigenvalue weighted by Crippen LogP contribution is -1.63. The van der Waals surface area contributed by atoms with Crippen LogP contribution in [-0.4, -0.2) is 0 Å². The van der Waals surface area contributed by atoms with Gasteiger partial charge in [-0.25, -0.2) is 0 Å². The maximum atomic E-state index is 2.21. The highest BCUT2D eigenvalue weighted by Crippen LogP contribution is 1.93. The standard InChI is InChI=1S/C7H14.C5H12.C3H8.4C2H6/c1-3-5-7-6-4-2;1-3-5-4-2;1-3-2;4*1-2/h3,5H,4,6-7H2,1-2H3;3-5H2,1-2H3;3H2,1-2H3;4*1-2H3/b5-3-;;;;;;. The second kappa shape index (κ2) is 122. The van der Waals surface area contributed by atoms with Gasteiger partial charge in [-0.05, 0) is 13.3 Å². The van der Waals surface area contributed by atoms with Gasteiger partial charge in [0.2, 0.25) is 0 Å². The molecule has 0 bridgehead atoms. The third-order valence-electron chi connectivity index (χ3n) is 1.67. The third-order valence-corrected chi connectivity index (χ3v) is 1.67. The van der Waals surface area contributed by atoms with E-state index in [1.165, 1.54) is 44.9 Å². The number of allylic oxidation sites excluding steroid dienone is 2. The number of hydrogen-bond donors (Lipinski definition) is 0. The van der Waals surface area contributed by atoms with E-state index in [4.69, 9.17) is 0 Å². The summed E-state index contributed by atoms with van der Waals surface area (Å²) in [6.07, 6.45) is 13.5. The lowest BCUT2D eigenvalue weighted by molar-refractivity contribution is 0.772. The lowest BCUT2D eigenvalue weighted by Gasteiger charge is -1.83. The first-order valence-corrected chi connectivity index (χ1v) is 10.9. The molecule has 0 aliphatic carbocycles. The highest BCUT2D eigenvalue weighted by molar-refractivity contribution is 4.75. The zero-order valence-electron chi connectivity index (χ0n) is 20.1. The molecule has 150 valence electrons. The molecule has 0 saturated heterocycles. The minimum Gasteiger partial charge on any atom is -0.0917 e. The molecule has 0 atom stereocenters. The smallest absolute Gasteiger partial charge is 0.0351 e. The second-order valence-electron chi connectivity index (χ2n) is 3.77. The zero-order valence-corrected chi connectivity index (χ0v) is 20.1. The molecule has 0 fully saturated rings. The van der Waals surface area contributed by atoms with Crippen molar-refractivity contribution < 1.29 is 0 Å². The highest BCUT2D eigenvalue weighted by atomic mass is 13.8. The number of unbranched alkanes of at least 4 members (excludes halogenated alkanes) is 4. The van der Waals surface area contributed by atoms with Crippen molar-refractivity contribution in [3.63, 3.8) is 0 Å². The summed E-state index contributed by atoms with van der Waals surface area (Å²) in [7, 11) is 0. The Labute approximate surface area is 154 Å². The van der Waals surface area contributed by atoms with Crippen LogP contribution in [0.5, 0.6) is 0 Å². The van der Waals surface area contributed by atoms with Crippen LogP contribution in [0.2, 0.25) is 0 Å². The van der Waals surface area contributed by atoms with Crippen molar-refractivity contribution >= 4 is 0 Å². The maximum Gasteiger partial charge on any atom is -0.0351 e. The first-order chi connectivity index (χ1) is 11.2. The predicted octanol–water partition coefficient (Wildman–Crippen LogP) is 10.5. The van der Waals surface area contributed by atoms with Crippen LogP contribution in [0.15, 0.2) is 12.2 Å². The molecule has 0 aliphatic rings. The molecule has 0 spiro atoms. The lowest BCUT2D eigenvalue weighted by atomic mass is 10.2. The molecule has 0 nitrogen and oxygen atoms in total. The summed E-state index contributed by atoms with van der Waals surface area (Å²) in [5, 5.41) is 0. The van der Waals surface area contributed by atoms with E-state index in [0.717, 1.165) is 0 Å². The second-order valence-corrected chi connectivity index (χ2v) is 3.77. The van der Waals surface area contributed by atoms with E-state index in [9.17, 15) is 0 Å². The van der Waals surface area contributed by atoms with Crippen LogP contribution in [0.3, 0.4) is 0 Å². The Morgan fingerprint density at radius 1 is 0.522 bits per heavy atom. The van der Waals surface area contributed by atoms with Crippen LogP contribution in [0.4, 0.5) is 0 Å². The topological polar surface area (TPSA) is 0 Å². The average molecular weight is 335 g/mol. The van der Waals surface area contributed by atoms with Gasteiger partial charge in [0, 0.05) is 0 Å². The minimum atomic E-state index is 1.25. The summed E-state index contributed by atoms with van der Waals surface area (Å²) in [6.45, 7) is 29.0. The summed E-state index contributed by atoms with van der Waals surface area (Å²) in [5.74, 6) is 0. The Hall–Kier alpha value is -0.260. The molecule has 0 aromatic rings. The summed E-state index contributed by atoms with van der Waals surface area (Å²) < 4.78 is 0. The fraction of sp³-hybridized carbons (Fsp3) is 0.913. The van der Waals surface area contributed by atoms with Crippen LogP contribution in [-0.2, 0) is 0 Å². The van der Waals surface area contributed by atoms with Gasteiger partial charge in [-0.1, -0.05) is 141 Å². The van der Waals surface area contributed by atoms with E-state index in [1.54, 1.807) is 0 Å².